The second kappa shape index (κ2) is 6.76. The zero-order valence-corrected chi connectivity index (χ0v) is 13.2. The molecule has 0 aromatic heterocycles. The topological polar surface area (TPSA) is 67.4 Å². The average Bonchev–Trinajstić information content (AvgIpc) is 3.09. The van der Waals surface area contributed by atoms with Gasteiger partial charge in [0.15, 0.2) is 0 Å². The Morgan fingerprint density at radius 1 is 1.30 bits per heavy atom. The van der Waals surface area contributed by atoms with E-state index < -0.39 is 6.04 Å². The monoisotopic (exact) mass is 304 g/mol. The molecule has 1 aliphatic carbocycles. The number of carbonyl (C=O) groups excluding carboxylic acids is 2. The fraction of sp³-hybridized carbons (Fsp3) is 0.857. The molecular weight excluding hydrogens is 280 g/mol. The molecule has 1 aliphatic heterocycles. The summed E-state index contributed by atoms with van der Waals surface area (Å²) in [6, 6.07) is -0.531. The number of hydrogen-bond acceptors (Lipinski definition) is 4. The lowest BCUT2D eigenvalue weighted by Crippen LogP contribution is -2.46. The predicted molar refractivity (Wildman–Crippen MR) is 78.7 cm³/mol. The number of ether oxygens (including phenoxy) is 1. The molecule has 1 saturated heterocycles. The summed E-state index contributed by atoms with van der Waals surface area (Å²) in [6.45, 7) is 5.81. The van der Waals surface area contributed by atoms with E-state index >= 15 is 0 Å². The summed E-state index contributed by atoms with van der Waals surface area (Å²) >= 11 is 0. The summed E-state index contributed by atoms with van der Waals surface area (Å²) in [5.41, 5.74) is 0.201. The maximum absolute atomic E-state index is 12.3. The minimum atomic E-state index is -0.531. The first-order valence-electron chi connectivity index (χ1n) is 7.09. The Labute approximate surface area is 126 Å². The summed E-state index contributed by atoms with van der Waals surface area (Å²) in [6.07, 6.45) is 3.10. The number of hydrogen-bond donors (Lipinski definition) is 2. The molecule has 0 aromatic carbocycles. The highest BCUT2D eigenvalue weighted by atomic mass is 35.5. The van der Waals surface area contributed by atoms with Crippen LogP contribution >= 0.6 is 12.4 Å². The van der Waals surface area contributed by atoms with Gasteiger partial charge in [-0.25, -0.2) is 4.79 Å². The third-order valence-corrected chi connectivity index (χ3v) is 4.53. The van der Waals surface area contributed by atoms with Crippen LogP contribution in [0, 0.1) is 17.3 Å². The molecule has 2 rings (SSSR count). The van der Waals surface area contributed by atoms with E-state index in [0.717, 1.165) is 32.4 Å². The van der Waals surface area contributed by atoms with E-state index in [1.165, 1.54) is 7.11 Å². The van der Waals surface area contributed by atoms with Gasteiger partial charge in [-0.2, -0.15) is 0 Å². The van der Waals surface area contributed by atoms with Crippen molar-refractivity contribution in [3.63, 3.8) is 0 Å². The molecule has 2 fully saturated rings. The highest BCUT2D eigenvalue weighted by molar-refractivity contribution is 5.88. The van der Waals surface area contributed by atoms with Crippen molar-refractivity contribution in [2.75, 3.05) is 20.2 Å². The van der Waals surface area contributed by atoms with E-state index in [-0.39, 0.29) is 41.5 Å². The van der Waals surface area contributed by atoms with Crippen LogP contribution < -0.4 is 10.6 Å². The lowest BCUT2D eigenvalue weighted by molar-refractivity contribution is -0.146. The van der Waals surface area contributed by atoms with Gasteiger partial charge in [0, 0.05) is 5.92 Å². The lowest BCUT2D eigenvalue weighted by Gasteiger charge is -2.24. The van der Waals surface area contributed by atoms with Gasteiger partial charge < -0.3 is 15.4 Å². The Balaban J connectivity index is 0.00000200. The molecule has 5 nitrogen and oxygen atoms in total. The van der Waals surface area contributed by atoms with Crippen LogP contribution in [-0.4, -0.2) is 38.1 Å². The van der Waals surface area contributed by atoms with Crippen LogP contribution in [0.3, 0.4) is 0 Å². The van der Waals surface area contributed by atoms with Crippen LogP contribution in [0.1, 0.15) is 33.1 Å². The van der Waals surface area contributed by atoms with Crippen molar-refractivity contribution in [1.82, 2.24) is 10.6 Å². The molecule has 2 N–H and O–H groups in total. The van der Waals surface area contributed by atoms with Crippen LogP contribution in [0.5, 0.6) is 0 Å². The van der Waals surface area contributed by atoms with Gasteiger partial charge in [-0.1, -0.05) is 13.8 Å². The first-order valence-corrected chi connectivity index (χ1v) is 7.09. The molecule has 116 valence electrons. The van der Waals surface area contributed by atoms with Crippen molar-refractivity contribution in [3.05, 3.63) is 0 Å². The van der Waals surface area contributed by atoms with Crippen LogP contribution in [0.4, 0.5) is 0 Å². The largest absolute Gasteiger partial charge is 0.467 e. The number of halogens is 1. The van der Waals surface area contributed by atoms with Gasteiger partial charge >= 0.3 is 5.97 Å². The van der Waals surface area contributed by atoms with Gasteiger partial charge in [0.1, 0.15) is 6.04 Å². The molecular formula is C14H25ClN2O3. The first-order chi connectivity index (χ1) is 9.00. The second-order valence-electron chi connectivity index (χ2n) is 6.12. The number of carbonyl (C=O) groups is 2. The first kappa shape index (κ1) is 17.2. The molecule has 1 saturated carbocycles. The van der Waals surface area contributed by atoms with Crippen LogP contribution in [0.25, 0.3) is 0 Å². The summed E-state index contributed by atoms with van der Waals surface area (Å²) in [7, 11) is 1.36. The molecule has 2 atom stereocenters. The fourth-order valence-corrected chi connectivity index (χ4v) is 3.07. The Kier molecular flexibility index (Phi) is 5.83. The summed E-state index contributed by atoms with van der Waals surface area (Å²) in [5.74, 6) is -0.214. The Morgan fingerprint density at radius 3 is 2.40 bits per heavy atom. The zero-order valence-electron chi connectivity index (χ0n) is 12.4. The minimum Gasteiger partial charge on any atom is -0.467 e. The van der Waals surface area contributed by atoms with Crippen molar-refractivity contribution in [3.8, 4) is 0 Å². The van der Waals surface area contributed by atoms with Gasteiger partial charge in [0.2, 0.25) is 5.91 Å². The van der Waals surface area contributed by atoms with Crippen molar-refractivity contribution in [2.45, 2.75) is 39.2 Å². The van der Waals surface area contributed by atoms with Crippen LogP contribution in [-0.2, 0) is 14.3 Å². The third kappa shape index (κ3) is 3.44. The van der Waals surface area contributed by atoms with E-state index in [2.05, 4.69) is 10.6 Å². The van der Waals surface area contributed by atoms with Gasteiger partial charge in [0.05, 0.1) is 7.11 Å². The number of nitrogens with one attached hydrogen (secondary N) is 2. The Morgan fingerprint density at radius 2 is 1.90 bits per heavy atom. The molecule has 2 aliphatic rings. The maximum atomic E-state index is 12.3. The van der Waals surface area contributed by atoms with Gasteiger partial charge in [0.25, 0.3) is 0 Å². The average molecular weight is 305 g/mol. The van der Waals surface area contributed by atoms with Gasteiger partial charge in [-0.15, -0.1) is 12.4 Å². The van der Waals surface area contributed by atoms with Crippen molar-refractivity contribution >= 4 is 24.3 Å². The Hall–Kier alpha value is -0.810. The lowest BCUT2D eigenvalue weighted by atomic mass is 9.91. The van der Waals surface area contributed by atoms with E-state index in [4.69, 9.17) is 4.74 Å². The molecule has 1 amide bonds. The highest BCUT2D eigenvalue weighted by Gasteiger charge is 2.58. The number of rotatable bonds is 4. The van der Waals surface area contributed by atoms with E-state index in [1.807, 2.05) is 13.8 Å². The van der Waals surface area contributed by atoms with E-state index in [9.17, 15) is 9.59 Å². The molecule has 6 heteroatoms. The summed E-state index contributed by atoms with van der Waals surface area (Å²) in [4.78, 5) is 23.9. The SMILES string of the molecule is COC(=O)C(NC(=O)C1CC12CCNCC2)C(C)C.Cl. The third-order valence-electron chi connectivity index (χ3n) is 4.53. The smallest absolute Gasteiger partial charge is 0.328 e. The van der Waals surface area contributed by atoms with Crippen LogP contribution in [0.2, 0.25) is 0 Å². The number of esters is 1. The highest BCUT2D eigenvalue weighted by Crippen LogP contribution is 2.58. The standard InChI is InChI=1S/C14H24N2O3.ClH/c1-9(2)11(13(18)19-3)16-12(17)10-8-14(10)4-6-15-7-5-14;/h9-11,15H,4-8H2,1-3H3,(H,16,17);1H. The molecule has 20 heavy (non-hydrogen) atoms. The zero-order chi connectivity index (χ0) is 14.0. The second-order valence-corrected chi connectivity index (χ2v) is 6.12. The fourth-order valence-electron chi connectivity index (χ4n) is 3.07. The maximum Gasteiger partial charge on any atom is 0.328 e. The molecule has 1 heterocycles. The normalized spacial score (nSPS) is 24.7. The minimum absolute atomic E-state index is 0. The number of methoxy groups -OCH3 is 1. The number of amides is 1. The van der Waals surface area contributed by atoms with Crippen molar-refractivity contribution < 1.29 is 14.3 Å². The Bertz CT molecular complexity index is 367. The molecule has 1 spiro atoms. The molecule has 0 aromatic rings. The van der Waals surface area contributed by atoms with Gasteiger partial charge in [-0.05, 0) is 43.7 Å². The quantitative estimate of drug-likeness (QED) is 0.764. The van der Waals surface area contributed by atoms with Crippen molar-refractivity contribution in [2.24, 2.45) is 17.3 Å². The van der Waals surface area contributed by atoms with E-state index in [1.54, 1.807) is 0 Å². The van der Waals surface area contributed by atoms with Gasteiger partial charge in [-0.3, -0.25) is 4.79 Å². The molecule has 2 unspecified atom stereocenters. The molecule has 0 radical (unpaired) electrons. The van der Waals surface area contributed by atoms with Crippen LogP contribution in [0.15, 0.2) is 0 Å². The molecule has 0 bridgehead atoms. The van der Waals surface area contributed by atoms with E-state index in [0.29, 0.717) is 0 Å². The summed E-state index contributed by atoms with van der Waals surface area (Å²) < 4.78 is 4.75. The number of piperidine rings is 1. The summed E-state index contributed by atoms with van der Waals surface area (Å²) in [5, 5.41) is 6.19. The van der Waals surface area contributed by atoms with Crippen molar-refractivity contribution in [1.29, 1.82) is 0 Å². The predicted octanol–water partition coefficient (Wildman–Crippen LogP) is 1.11.